The SMILES string of the molecule is Cc1c(N)cccc1OCc1ccc(C(C)C)cc1. The number of ether oxygens (including phenoxy) is 1. The molecule has 0 aliphatic heterocycles. The molecule has 2 nitrogen and oxygen atoms in total. The molecule has 0 unspecified atom stereocenters. The smallest absolute Gasteiger partial charge is 0.124 e. The summed E-state index contributed by atoms with van der Waals surface area (Å²) in [7, 11) is 0. The van der Waals surface area contributed by atoms with Gasteiger partial charge in [0.05, 0.1) is 0 Å². The zero-order valence-electron chi connectivity index (χ0n) is 11.8. The highest BCUT2D eigenvalue weighted by Crippen LogP contribution is 2.24. The number of benzene rings is 2. The van der Waals surface area contributed by atoms with Gasteiger partial charge in [0.15, 0.2) is 0 Å². The summed E-state index contributed by atoms with van der Waals surface area (Å²) >= 11 is 0. The first-order chi connectivity index (χ1) is 9.08. The Morgan fingerprint density at radius 3 is 2.37 bits per heavy atom. The summed E-state index contributed by atoms with van der Waals surface area (Å²) in [6, 6.07) is 14.3. The molecule has 2 heteroatoms. The Morgan fingerprint density at radius 2 is 1.74 bits per heavy atom. The van der Waals surface area contributed by atoms with Crippen molar-refractivity contribution in [1.29, 1.82) is 0 Å². The molecule has 0 fully saturated rings. The van der Waals surface area contributed by atoms with E-state index in [0.717, 1.165) is 17.0 Å². The van der Waals surface area contributed by atoms with E-state index in [1.807, 2.05) is 25.1 Å². The van der Waals surface area contributed by atoms with E-state index in [1.165, 1.54) is 11.1 Å². The van der Waals surface area contributed by atoms with Crippen molar-refractivity contribution in [2.75, 3.05) is 5.73 Å². The number of nitrogens with two attached hydrogens (primary N) is 1. The summed E-state index contributed by atoms with van der Waals surface area (Å²) < 4.78 is 5.82. The highest BCUT2D eigenvalue weighted by molar-refractivity contribution is 5.53. The lowest BCUT2D eigenvalue weighted by atomic mass is 10.0. The molecule has 2 aromatic carbocycles. The van der Waals surface area contributed by atoms with E-state index < -0.39 is 0 Å². The zero-order valence-corrected chi connectivity index (χ0v) is 11.8. The van der Waals surface area contributed by atoms with Crippen molar-refractivity contribution in [3.05, 3.63) is 59.2 Å². The van der Waals surface area contributed by atoms with Crippen molar-refractivity contribution < 1.29 is 4.74 Å². The minimum absolute atomic E-state index is 0.561. The fraction of sp³-hybridized carbons (Fsp3) is 0.294. The van der Waals surface area contributed by atoms with Gasteiger partial charge in [-0.2, -0.15) is 0 Å². The highest BCUT2D eigenvalue weighted by Gasteiger charge is 2.03. The van der Waals surface area contributed by atoms with Crippen LogP contribution in [-0.4, -0.2) is 0 Å². The average molecular weight is 255 g/mol. The summed E-state index contributed by atoms with van der Waals surface area (Å²) in [5, 5.41) is 0. The van der Waals surface area contributed by atoms with Gasteiger partial charge in [-0.15, -0.1) is 0 Å². The summed E-state index contributed by atoms with van der Waals surface area (Å²) in [5.41, 5.74) is 10.2. The predicted molar refractivity (Wildman–Crippen MR) is 80.5 cm³/mol. The summed E-state index contributed by atoms with van der Waals surface area (Å²) in [6.45, 7) is 6.94. The van der Waals surface area contributed by atoms with Gasteiger partial charge >= 0.3 is 0 Å². The Labute approximate surface area is 115 Å². The summed E-state index contributed by atoms with van der Waals surface area (Å²) in [4.78, 5) is 0. The molecule has 100 valence electrons. The standard InChI is InChI=1S/C17H21NO/c1-12(2)15-9-7-14(8-10-15)11-19-17-6-4-5-16(18)13(17)3/h4-10,12H,11,18H2,1-3H3. The van der Waals surface area contributed by atoms with E-state index in [2.05, 4.69) is 38.1 Å². The highest BCUT2D eigenvalue weighted by atomic mass is 16.5. The van der Waals surface area contributed by atoms with Gasteiger partial charge < -0.3 is 10.5 Å². The van der Waals surface area contributed by atoms with E-state index in [0.29, 0.717) is 12.5 Å². The van der Waals surface area contributed by atoms with Crippen molar-refractivity contribution >= 4 is 5.69 Å². The molecule has 0 atom stereocenters. The van der Waals surface area contributed by atoms with Crippen LogP contribution in [0.25, 0.3) is 0 Å². The van der Waals surface area contributed by atoms with Crippen LogP contribution in [0.2, 0.25) is 0 Å². The molecular formula is C17H21NO. The second-order valence-corrected chi connectivity index (χ2v) is 5.16. The fourth-order valence-corrected chi connectivity index (χ4v) is 1.95. The molecule has 0 heterocycles. The van der Waals surface area contributed by atoms with Crippen LogP contribution in [0.5, 0.6) is 5.75 Å². The molecular weight excluding hydrogens is 234 g/mol. The number of rotatable bonds is 4. The van der Waals surface area contributed by atoms with Crippen LogP contribution in [0.4, 0.5) is 5.69 Å². The maximum atomic E-state index is 5.86. The minimum atomic E-state index is 0.561. The third kappa shape index (κ3) is 3.28. The second kappa shape index (κ2) is 5.79. The first-order valence-corrected chi connectivity index (χ1v) is 6.64. The Balaban J connectivity index is 2.04. The average Bonchev–Trinajstić information content (AvgIpc) is 2.41. The number of nitrogen functional groups attached to an aromatic ring is 1. The number of hydrogen-bond donors (Lipinski definition) is 1. The molecule has 0 aliphatic carbocycles. The van der Waals surface area contributed by atoms with Crippen molar-refractivity contribution in [2.45, 2.75) is 33.3 Å². The van der Waals surface area contributed by atoms with Crippen LogP contribution in [0.15, 0.2) is 42.5 Å². The Bertz CT molecular complexity index is 544. The lowest BCUT2D eigenvalue weighted by Crippen LogP contribution is -1.99. The molecule has 0 bridgehead atoms. The molecule has 0 radical (unpaired) electrons. The number of hydrogen-bond acceptors (Lipinski definition) is 2. The monoisotopic (exact) mass is 255 g/mol. The molecule has 2 aromatic rings. The lowest BCUT2D eigenvalue weighted by molar-refractivity contribution is 0.304. The van der Waals surface area contributed by atoms with Gasteiger partial charge in [-0.05, 0) is 36.1 Å². The molecule has 2 N–H and O–H groups in total. The molecule has 0 aromatic heterocycles. The molecule has 0 saturated carbocycles. The minimum Gasteiger partial charge on any atom is -0.489 e. The number of anilines is 1. The summed E-state index contributed by atoms with van der Waals surface area (Å²) in [5.74, 6) is 1.42. The van der Waals surface area contributed by atoms with Gasteiger partial charge in [0.2, 0.25) is 0 Å². The topological polar surface area (TPSA) is 35.2 Å². The quantitative estimate of drug-likeness (QED) is 0.828. The Morgan fingerprint density at radius 1 is 1.05 bits per heavy atom. The second-order valence-electron chi connectivity index (χ2n) is 5.16. The zero-order chi connectivity index (χ0) is 13.8. The van der Waals surface area contributed by atoms with Crippen LogP contribution in [0.3, 0.4) is 0 Å². The maximum absolute atomic E-state index is 5.86. The van der Waals surface area contributed by atoms with E-state index in [1.54, 1.807) is 0 Å². The van der Waals surface area contributed by atoms with Gasteiger partial charge in [-0.3, -0.25) is 0 Å². The van der Waals surface area contributed by atoms with Crippen molar-refractivity contribution in [3.8, 4) is 5.75 Å². The lowest BCUT2D eigenvalue weighted by Gasteiger charge is -2.11. The normalized spacial score (nSPS) is 10.7. The van der Waals surface area contributed by atoms with Crippen LogP contribution in [-0.2, 0) is 6.61 Å². The molecule has 0 spiro atoms. The van der Waals surface area contributed by atoms with Gasteiger partial charge in [-0.1, -0.05) is 44.2 Å². The molecule has 19 heavy (non-hydrogen) atoms. The maximum Gasteiger partial charge on any atom is 0.124 e. The first kappa shape index (κ1) is 13.5. The Hall–Kier alpha value is -1.96. The van der Waals surface area contributed by atoms with Gasteiger partial charge in [0.25, 0.3) is 0 Å². The van der Waals surface area contributed by atoms with Gasteiger partial charge in [0.1, 0.15) is 12.4 Å². The third-order valence-electron chi connectivity index (χ3n) is 3.37. The fourth-order valence-electron chi connectivity index (χ4n) is 1.95. The molecule has 2 rings (SSSR count). The van der Waals surface area contributed by atoms with E-state index in [-0.39, 0.29) is 0 Å². The van der Waals surface area contributed by atoms with Crippen molar-refractivity contribution in [2.24, 2.45) is 0 Å². The Kier molecular flexibility index (Phi) is 4.10. The van der Waals surface area contributed by atoms with Crippen LogP contribution >= 0.6 is 0 Å². The van der Waals surface area contributed by atoms with E-state index in [9.17, 15) is 0 Å². The first-order valence-electron chi connectivity index (χ1n) is 6.64. The molecule has 0 saturated heterocycles. The van der Waals surface area contributed by atoms with Crippen molar-refractivity contribution in [1.82, 2.24) is 0 Å². The molecule has 0 aliphatic rings. The van der Waals surface area contributed by atoms with Crippen LogP contribution in [0.1, 0.15) is 36.5 Å². The van der Waals surface area contributed by atoms with E-state index in [4.69, 9.17) is 10.5 Å². The third-order valence-corrected chi connectivity index (χ3v) is 3.37. The summed E-state index contributed by atoms with van der Waals surface area (Å²) in [6.07, 6.45) is 0. The van der Waals surface area contributed by atoms with Crippen LogP contribution < -0.4 is 10.5 Å². The van der Waals surface area contributed by atoms with E-state index >= 15 is 0 Å². The van der Waals surface area contributed by atoms with Gasteiger partial charge in [-0.25, -0.2) is 0 Å². The van der Waals surface area contributed by atoms with Crippen LogP contribution in [0, 0.1) is 6.92 Å². The van der Waals surface area contributed by atoms with Crippen molar-refractivity contribution in [3.63, 3.8) is 0 Å². The van der Waals surface area contributed by atoms with Gasteiger partial charge in [0, 0.05) is 11.3 Å². The largest absolute Gasteiger partial charge is 0.489 e. The molecule has 0 amide bonds. The predicted octanol–water partition coefficient (Wildman–Crippen LogP) is 4.28.